The number of rotatable bonds is 6. The summed E-state index contributed by atoms with van der Waals surface area (Å²) in [6, 6.07) is 12.2. The molecule has 1 aliphatic heterocycles. The molecule has 0 spiro atoms. The molecule has 1 fully saturated rings. The maximum absolute atomic E-state index is 11.9. The number of benzene rings is 1. The van der Waals surface area contributed by atoms with E-state index in [0.29, 0.717) is 6.42 Å². The van der Waals surface area contributed by atoms with E-state index in [1.54, 1.807) is 23.7 Å². The van der Waals surface area contributed by atoms with Gasteiger partial charge in [-0.3, -0.25) is 9.78 Å². The van der Waals surface area contributed by atoms with E-state index in [4.69, 9.17) is 4.99 Å². The average molecular weight is 457 g/mol. The Labute approximate surface area is 176 Å². The first-order valence-electron chi connectivity index (χ1n) is 9.37. The van der Waals surface area contributed by atoms with Gasteiger partial charge in [-0.1, -0.05) is 28.1 Å². The van der Waals surface area contributed by atoms with Crippen molar-refractivity contribution in [3.05, 3.63) is 63.4 Å². The second kappa shape index (κ2) is 8.84. The quantitative estimate of drug-likeness (QED) is 0.543. The van der Waals surface area contributed by atoms with Crippen molar-refractivity contribution >= 4 is 38.9 Å². The molecule has 0 N–H and O–H groups in total. The topological polar surface area (TPSA) is 50.5 Å². The van der Waals surface area contributed by atoms with Crippen molar-refractivity contribution in [2.24, 2.45) is 4.99 Å². The van der Waals surface area contributed by atoms with Crippen LogP contribution in [0.5, 0.6) is 0 Å². The number of carbonyl (C=O) groups is 1. The maximum atomic E-state index is 11.9. The minimum absolute atomic E-state index is 0.281. The molecule has 7 heteroatoms. The van der Waals surface area contributed by atoms with Gasteiger partial charge in [-0.15, -0.1) is 11.3 Å². The number of amides is 1. The summed E-state index contributed by atoms with van der Waals surface area (Å²) in [6.45, 7) is 2.51. The van der Waals surface area contributed by atoms with E-state index in [1.165, 1.54) is 0 Å². The van der Waals surface area contributed by atoms with Crippen LogP contribution in [0, 0.1) is 0 Å². The lowest BCUT2D eigenvalue weighted by molar-refractivity contribution is -0.127. The van der Waals surface area contributed by atoms with Gasteiger partial charge in [0.25, 0.3) is 0 Å². The molecule has 5 nitrogen and oxygen atoms in total. The van der Waals surface area contributed by atoms with Crippen LogP contribution in [0.3, 0.4) is 0 Å². The first-order valence-corrected chi connectivity index (χ1v) is 11.0. The SMILES string of the molecule is O=C1CCCN1CCCn1c(-c2ccc(Br)cc2)csc1=Nc1cccnc1. The minimum Gasteiger partial charge on any atom is -0.343 e. The van der Waals surface area contributed by atoms with Gasteiger partial charge in [0.15, 0.2) is 4.80 Å². The van der Waals surface area contributed by atoms with Crippen molar-refractivity contribution < 1.29 is 4.79 Å². The van der Waals surface area contributed by atoms with Crippen LogP contribution in [0.1, 0.15) is 19.3 Å². The highest BCUT2D eigenvalue weighted by atomic mass is 79.9. The van der Waals surface area contributed by atoms with Crippen molar-refractivity contribution in [2.75, 3.05) is 13.1 Å². The molecule has 3 heterocycles. The summed E-state index contributed by atoms with van der Waals surface area (Å²) in [5, 5.41) is 2.15. The van der Waals surface area contributed by atoms with Gasteiger partial charge in [-0.05, 0) is 42.7 Å². The molecule has 4 rings (SSSR count). The van der Waals surface area contributed by atoms with Gasteiger partial charge in [0.1, 0.15) is 0 Å². The predicted molar refractivity (Wildman–Crippen MR) is 115 cm³/mol. The van der Waals surface area contributed by atoms with Crippen molar-refractivity contribution in [1.82, 2.24) is 14.5 Å². The number of hydrogen-bond acceptors (Lipinski definition) is 4. The summed E-state index contributed by atoms with van der Waals surface area (Å²) in [7, 11) is 0. The largest absolute Gasteiger partial charge is 0.343 e. The molecule has 1 saturated heterocycles. The lowest BCUT2D eigenvalue weighted by Crippen LogP contribution is -2.27. The van der Waals surface area contributed by atoms with E-state index in [1.807, 2.05) is 17.0 Å². The summed E-state index contributed by atoms with van der Waals surface area (Å²) in [5.41, 5.74) is 3.15. The summed E-state index contributed by atoms with van der Waals surface area (Å²) >= 11 is 5.13. The van der Waals surface area contributed by atoms with Crippen molar-refractivity contribution in [2.45, 2.75) is 25.8 Å². The normalized spacial score (nSPS) is 14.8. The average Bonchev–Trinajstić information content (AvgIpc) is 3.30. The van der Waals surface area contributed by atoms with Gasteiger partial charge in [-0.25, -0.2) is 4.99 Å². The van der Waals surface area contributed by atoms with Crippen LogP contribution in [0.4, 0.5) is 5.69 Å². The van der Waals surface area contributed by atoms with Crippen molar-refractivity contribution in [3.63, 3.8) is 0 Å². The number of thiazole rings is 1. The fourth-order valence-corrected chi connectivity index (χ4v) is 4.60. The Bertz CT molecular complexity index is 1010. The van der Waals surface area contributed by atoms with E-state index in [0.717, 1.165) is 58.7 Å². The van der Waals surface area contributed by atoms with Gasteiger partial charge in [-0.2, -0.15) is 0 Å². The summed E-state index contributed by atoms with van der Waals surface area (Å²) < 4.78 is 3.31. The highest BCUT2D eigenvalue weighted by Gasteiger charge is 2.19. The highest BCUT2D eigenvalue weighted by molar-refractivity contribution is 9.10. The zero-order chi connectivity index (χ0) is 19.3. The van der Waals surface area contributed by atoms with E-state index in [-0.39, 0.29) is 5.91 Å². The van der Waals surface area contributed by atoms with Gasteiger partial charge in [0.2, 0.25) is 5.91 Å². The zero-order valence-electron chi connectivity index (χ0n) is 15.4. The summed E-state index contributed by atoms with van der Waals surface area (Å²) in [4.78, 5) is 23.8. The monoisotopic (exact) mass is 456 g/mol. The molecule has 0 saturated carbocycles. The number of carbonyl (C=O) groups excluding carboxylic acids is 1. The summed E-state index contributed by atoms with van der Waals surface area (Å²) in [6.07, 6.45) is 6.10. The third kappa shape index (κ3) is 4.42. The van der Waals surface area contributed by atoms with Gasteiger partial charge >= 0.3 is 0 Å². The molecule has 28 heavy (non-hydrogen) atoms. The standard InChI is InChI=1S/C21H21BrN4OS/c22-17-8-6-16(7-9-17)19-15-28-21(24-18-4-1-10-23-14-18)26(19)13-3-12-25-11-2-5-20(25)27/h1,4,6-10,14-15H,2-3,5,11-13H2. The lowest BCUT2D eigenvalue weighted by atomic mass is 10.2. The smallest absolute Gasteiger partial charge is 0.222 e. The first kappa shape index (κ1) is 19.1. The molecule has 144 valence electrons. The zero-order valence-corrected chi connectivity index (χ0v) is 17.8. The minimum atomic E-state index is 0.281. The lowest BCUT2D eigenvalue weighted by Gasteiger charge is -2.16. The molecule has 0 radical (unpaired) electrons. The van der Waals surface area contributed by atoms with Gasteiger partial charge in [0, 0.05) is 42.1 Å². The first-order chi connectivity index (χ1) is 13.7. The Morgan fingerprint density at radius 1 is 1.18 bits per heavy atom. The molecule has 1 aliphatic rings. The fourth-order valence-electron chi connectivity index (χ4n) is 3.38. The molecule has 3 aromatic rings. The van der Waals surface area contributed by atoms with Crippen LogP contribution >= 0.6 is 27.3 Å². The van der Waals surface area contributed by atoms with Gasteiger partial charge in [0.05, 0.1) is 17.6 Å². The van der Waals surface area contributed by atoms with Gasteiger partial charge < -0.3 is 9.47 Å². The molecule has 0 atom stereocenters. The number of hydrogen-bond donors (Lipinski definition) is 0. The van der Waals surface area contributed by atoms with Crippen LogP contribution in [0.15, 0.2) is 63.6 Å². The Morgan fingerprint density at radius 2 is 2.04 bits per heavy atom. The van der Waals surface area contributed by atoms with E-state index < -0.39 is 0 Å². The van der Waals surface area contributed by atoms with Crippen LogP contribution < -0.4 is 4.80 Å². The van der Waals surface area contributed by atoms with Crippen molar-refractivity contribution in [1.29, 1.82) is 0 Å². The second-order valence-corrected chi connectivity index (χ2v) is 8.48. The molecular formula is C21H21BrN4OS. The van der Waals surface area contributed by atoms with Crippen LogP contribution in [-0.4, -0.2) is 33.4 Å². The van der Waals surface area contributed by atoms with Crippen LogP contribution in [0.25, 0.3) is 11.3 Å². The molecule has 0 bridgehead atoms. The number of halogens is 1. The van der Waals surface area contributed by atoms with Crippen molar-refractivity contribution in [3.8, 4) is 11.3 Å². The molecule has 2 aromatic heterocycles. The third-order valence-corrected chi connectivity index (χ3v) is 6.18. The van der Waals surface area contributed by atoms with E-state index >= 15 is 0 Å². The second-order valence-electron chi connectivity index (χ2n) is 6.72. The number of likely N-dealkylation sites (tertiary alicyclic amines) is 1. The van der Waals surface area contributed by atoms with E-state index in [9.17, 15) is 4.79 Å². The Kier molecular flexibility index (Phi) is 6.02. The van der Waals surface area contributed by atoms with Crippen LogP contribution in [-0.2, 0) is 11.3 Å². The molecule has 1 aromatic carbocycles. The summed E-state index contributed by atoms with van der Waals surface area (Å²) in [5.74, 6) is 0.281. The maximum Gasteiger partial charge on any atom is 0.222 e. The number of aromatic nitrogens is 2. The molecular weight excluding hydrogens is 436 g/mol. The molecule has 0 aliphatic carbocycles. The molecule has 1 amide bonds. The highest BCUT2D eigenvalue weighted by Crippen LogP contribution is 2.23. The van der Waals surface area contributed by atoms with Crippen LogP contribution in [0.2, 0.25) is 0 Å². The fraction of sp³-hybridized carbons (Fsp3) is 0.286. The Balaban J connectivity index is 1.63. The predicted octanol–water partition coefficient (Wildman–Crippen LogP) is 4.62. The number of pyridine rings is 1. The van der Waals surface area contributed by atoms with E-state index in [2.05, 4.69) is 55.1 Å². The number of nitrogens with zero attached hydrogens (tertiary/aromatic N) is 4. The Morgan fingerprint density at radius 3 is 2.75 bits per heavy atom. The third-order valence-electron chi connectivity index (χ3n) is 4.79. The molecule has 0 unspecified atom stereocenters. The Hall–Kier alpha value is -2.25.